The van der Waals surface area contributed by atoms with E-state index in [-0.39, 0.29) is 0 Å². The van der Waals surface area contributed by atoms with Gasteiger partial charge in [0, 0.05) is 57.6 Å². The van der Waals surface area contributed by atoms with Crippen molar-refractivity contribution in [3.05, 3.63) is 248 Å². The summed E-state index contributed by atoms with van der Waals surface area (Å²) in [6.07, 6.45) is 15.1. The number of rotatable bonds is 30. The normalized spacial score (nSPS) is 11.9. The lowest BCUT2D eigenvalue weighted by Gasteiger charge is -2.27. The van der Waals surface area contributed by atoms with E-state index in [1.165, 1.54) is 0 Å². The summed E-state index contributed by atoms with van der Waals surface area (Å²) in [5.74, 6) is 5.22. The molecule has 450 valence electrons. The Hall–Kier alpha value is -9.60. The molecule has 0 atom stereocenters. The van der Waals surface area contributed by atoms with Gasteiger partial charge in [-0.15, -0.1) is 0 Å². The number of hydrogen-bond donors (Lipinski definition) is 0. The van der Waals surface area contributed by atoms with Gasteiger partial charge in [0.25, 0.3) is 0 Å². The maximum absolute atomic E-state index is 6.12. The highest BCUT2D eigenvalue weighted by Gasteiger charge is 2.19. The van der Waals surface area contributed by atoms with Gasteiger partial charge >= 0.3 is 0 Å². The summed E-state index contributed by atoms with van der Waals surface area (Å²) in [7, 11) is 0. The summed E-state index contributed by atoms with van der Waals surface area (Å²) >= 11 is 0. The molecule has 9 aromatic rings. The zero-order valence-corrected chi connectivity index (χ0v) is 52.0. The largest absolute Gasteiger partial charge is 0.498 e. The second-order valence-corrected chi connectivity index (χ2v) is 21.8. The van der Waals surface area contributed by atoms with Crippen LogP contribution in [-0.4, -0.2) is 39.6 Å². The van der Waals surface area contributed by atoms with E-state index in [4.69, 9.17) is 28.4 Å². The Labute approximate surface area is 522 Å². The number of ether oxygens (including phenoxy) is 6. The fourth-order valence-electron chi connectivity index (χ4n) is 10.5. The molecule has 0 saturated carbocycles. The van der Waals surface area contributed by atoms with Gasteiger partial charge in [0.1, 0.15) is 28.7 Å². The fraction of sp³-hybridized carbons (Fsp3) is 0.241. The van der Waals surface area contributed by atoms with Crippen molar-refractivity contribution in [2.24, 2.45) is 0 Å². The van der Waals surface area contributed by atoms with Gasteiger partial charge in [-0.2, -0.15) is 0 Å². The molecule has 9 nitrogen and oxygen atoms in total. The van der Waals surface area contributed by atoms with Crippen LogP contribution in [0.2, 0.25) is 0 Å². The van der Waals surface area contributed by atoms with Crippen LogP contribution in [-0.2, 0) is 4.74 Å². The first kappa shape index (κ1) is 61.5. The van der Waals surface area contributed by atoms with Gasteiger partial charge in [-0.25, -0.2) is 0 Å². The minimum Gasteiger partial charge on any atom is -0.498 e. The molecule has 1 aliphatic carbocycles. The van der Waals surface area contributed by atoms with Crippen molar-refractivity contribution in [2.45, 2.75) is 86.5 Å². The molecular formula is C79H83N3O6. The Morgan fingerprint density at radius 1 is 0.261 bits per heavy atom. The summed E-state index contributed by atoms with van der Waals surface area (Å²) in [4.78, 5) is 6.86. The van der Waals surface area contributed by atoms with E-state index in [1.807, 2.05) is 0 Å². The lowest BCUT2D eigenvalue weighted by atomic mass is 9.93. The van der Waals surface area contributed by atoms with Crippen LogP contribution < -0.4 is 38.4 Å². The molecule has 0 fully saturated rings. The SMILES string of the molecule is CCCOC1=CC=C(N(c2ccc(OCCC)cc2)c2ccc(-c3cc(-c4ccc(N(c5ccc(OCCC)cc5)c5ccc(OCCC)cc5)cc4)cc(-c4ccc(N(c5ccc(OCCC)cc5)c5ccc(OCCC)cc5)cc4)c3)cc2)C=CC1. The van der Waals surface area contributed by atoms with Crippen molar-refractivity contribution < 1.29 is 28.4 Å². The van der Waals surface area contributed by atoms with Gasteiger partial charge in [0.15, 0.2) is 0 Å². The van der Waals surface area contributed by atoms with E-state index in [1.54, 1.807) is 0 Å². The Bertz CT molecular complexity index is 3420. The molecule has 0 spiro atoms. The predicted molar refractivity (Wildman–Crippen MR) is 366 cm³/mol. The topological polar surface area (TPSA) is 65.1 Å². The standard InChI is InChI=1S/C79H83N3O6/c1-7-50-83-74-15-13-14-65(28-39-74)80(69-29-40-75(41-30-69)84-51-8-2)66-22-16-59(17-23-66)62-56-63(60-18-24-67(25-19-60)81(70-31-42-76(43-32-70)85-52-9-3)71-33-44-77(45-34-71)86-53-10-4)58-64(57-62)61-20-26-68(27-21-61)82(72-35-46-78(47-36-72)87-54-11-5)73-37-48-79(49-38-73)88-55-12-6/h13-14,16-49,56-58H,7-12,15,50-55H2,1-6H3. The average molecular weight is 1170 g/mol. The quantitative estimate of drug-likeness (QED) is 0.0438. The van der Waals surface area contributed by atoms with Gasteiger partial charge < -0.3 is 43.1 Å². The lowest BCUT2D eigenvalue weighted by molar-refractivity contribution is 0.208. The van der Waals surface area contributed by atoms with Crippen LogP contribution in [0.3, 0.4) is 0 Å². The fourth-order valence-corrected chi connectivity index (χ4v) is 10.5. The van der Waals surface area contributed by atoms with E-state index >= 15 is 0 Å². The third-order valence-corrected chi connectivity index (χ3v) is 14.9. The van der Waals surface area contributed by atoms with E-state index in [2.05, 4.69) is 293 Å². The van der Waals surface area contributed by atoms with Crippen LogP contribution in [0.25, 0.3) is 33.4 Å². The van der Waals surface area contributed by atoms with Crippen molar-refractivity contribution in [1.82, 2.24) is 0 Å². The first-order valence-corrected chi connectivity index (χ1v) is 31.6. The molecule has 0 amide bonds. The molecule has 88 heavy (non-hydrogen) atoms. The Balaban J connectivity index is 1.05. The molecule has 0 N–H and O–H groups in total. The maximum atomic E-state index is 6.12. The molecule has 9 heteroatoms. The van der Waals surface area contributed by atoms with Gasteiger partial charge in [-0.3, -0.25) is 0 Å². The Morgan fingerprint density at radius 2 is 0.500 bits per heavy atom. The molecule has 1 aliphatic rings. The third kappa shape index (κ3) is 15.9. The molecule has 0 radical (unpaired) electrons. The molecule has 9 aromatic carbocycles. The van der Waals surface area contributed by atoms with Crippen molar-refractivity contribution >= 4 is 45.5 Å². The predicted octanol–water partition coefficient (Wildman–Crippen LogP) is 21.9. The molecule has 0 unspecified atom stereocenters. The molecule has 0 saturated heterocycles. The van der Waals surface area contributed by atoms with Crippen molar-refractivity contribution in [1.29, 1.82) is 0 Å². The highest BCUT2D eigenvalue weighted by atomic mass is 16.5. The van der Waals surface area contributed by atoms with Crippen molar-refractivity contribution in [3.63, 3.8) is 0 Å². The van der Waals surface area contributed by atoms with Crippen LogP contribution in [0.15, 0.2) is 248 Å². The van der Waals surface area contributed by atoms with Crippen LogP contribution in [0.4, 0.5) is 45.5 Å². The molecule has 0 bridgehead atoms. The minimum atomic E-state index is 0.672. The third-order valence-electron chi connectivity index (χ3n) is 14.9. The van der Waals surface area contributed by atoms with Gasteiger partial charge in [-0.05, 0) is 266 Å². The zero-order valence-electron chi connectivity index (χ0n) is 52.0. The second-order valence-electron chi connectivity index (χ2n) is 21.8. The lowest BCUT2D eigenvalue weighted by Crippen LogP contribution is -2.15. The molecular weight excluding hydrogens is 1090 g/mol. The summed E-state index contributed by atoms with van der Waals surface area (Å²) in [6.45, 7) is 16.8. The number of nitrogens with zero attached hydrogens (tertiary/aromatic N) is 3. The van der Waals surface area contributed by atoms with Gasteiger partial charge in [0.05, 0.1) is 45.4 Å². The number of allylic oxidation sites excluding steroid dienone is 4. The van der Waals surface area contributed by atoms with E-state index in [9.17, 15) is 0 Å². The number of anilines is 8. The smallest absolute Gasteiger partial charge is 0.119 e. The Kier molecular flexibility index (Phi) is 21.8. The molecule has 0 heterocycles. The zero-order chi connectivity index (χ0) is 60.9. The maximum Gasteiger partial charge on any atom is 0.119 e. The van der Waals surface area contributed by atoms with Crippen LogP contribution >= 0.6 is 0 Å². The summed E-state index contributed by atoms with van der Waals surface area (Å²) in [6, 6.07) is 75.6. The summed E-state index contributed by atoms with van der Waals surface area (Å²) in [5.41, 5.74) is 15.8. The minimum absolute atomic E-state index is 0.672. The number of benzene rings is 9. The van der Waals surface area contributed by atoms with Crippen molar-refractivity contribution in [2.75, 3.05) is 54.3 Å². The number of hydrogen-bond acceptors (Lipinski definition) is 9. The monoisotopic (exact) mass is 1170 g/mol. The Morgan fingerprint density at radius 3 is 0.761 bits per heavy atom. The van der Waals surface area contributed by atoms with Crippen LogP contribution in [0.5, 0.6) is 28.7 Å². The summed E-state index contributed by atoms with van der Waals surface area (Å²) in [5, 5.41) is 0. The highest BCUT2D eigenvalue weighted by Crippen LogP contribution is 2.42. The van der Waals surface area contributed by atoms with Gasteiger partial charge in [0.2, 0.25) is 0 Å². The van der Waals surface area contributed by atoms with Crippen LogP contribution in [0, 0.1) is 0 Å². The first-order chi connectivity index (χ1) is 43.3. The molecule has 0 aliphatic heterocycles. The highest BCUT2D eigenvalue weighted by molar-refractivity contribution is 5.86. The molecule has 10 rings (SSSR count). The molecule has 0 aromatic heterocycles. The first-order valence-electron chi connectivity index (χ1n) is 31.6. The van der Waals surface area contributed by atoms with Gasteiger partial charge in [-0.1, -0.05) is 84.0 Å². The van der Waals surface area contributed by atoms with E-state index < -0.39 is 0 Å². The summed E-state index contributed by atoms with van der Waals surface area (Å²) < 4.78 is 36.2. The van der Waals surface area contributed by atoms with E-state index in [0.29, 0.717) is 39.6 Å². The average Bonchev–Trinajstić information content (AvgIpc) is 1.49. The second kappa shape index (κ2) is 31.2. The van der Waals surface area contributed by atoms with Crippen LogP contribution in [0.1, 0.15) is 86.5 Å². The van der Waals surface area contributed by atoms with Crippen molar-refractivity contribution in [3.8, 4) is 62.1 Å². The van der Waals surface area contributed by atoms with E-state index in [0.717, 1.165) is 164 Å².